The predicted molar refractivity (Wildman–Crippen MR) is 87.6 cm³/mol. The van der Waals surface area contributed by atoms with E-state index >= 15 is 0 Å². The SMILES string of the molecule is CN(C)CCOc1cccc(NCC(C)(C)CCC#N)c1. The monoisotopic (exact) mass is 289 g/mol. The molecule has 0 aromatic heterocycles. The van der Waals surface area contributed by atoms with E-state index in [0.717, 1.165) is 30.9 Å². The molecular weight excluding hydrogens is 262 g/mol. The fraction of sp³-hybridized carbons (Fsp3) is 0.588. The summed E-state index contributed by atoms with van der Waals surface area (Å²) in [4.78, 5) is 2.10. The van der Waals surface area contributed by atoms with Crippen LogP contribution in [-0.2, 0) is 0 Å². The molecule has 0 unspecified atom stereocenters. The second-order valence-corrected chi connectivity index (χ2v) is 6.36. The van der Waals surface area contributed by atoms with Crippen LogP contribution in [-0.4, -0.2) is 38.7 Å². The van der Waals surface area contributed by atoms with E-state index in [0.29, 0.717) is 13.0 Å². The van der Waals surface area contributed by atoms with Crippen LogP contribution < -0.4 is 10.1 Å². The number of nitriles is 1. The summed E-state index contributed by atoms with van der Waals surface area (Å²) in [5.74, 6) is 0.886. The summed E-state index contributed by atoms with van der Waals surface area (Å²) in [5.41, 5.74) is 1.17. The zero-order chi connectivity index (χ0) is 15.7. The molecule has 0 spiro atoms. The second kappa shape index (κ2) is 8.53. The fourth-order valence-corrected chi connectivity index (χ4v) is 1.87. The molecular formula is C17H27N3O. The number of nitrogens with zero attached hydrogens (tertiary/aromatic N) is 2. The zero-order valence-corrected chi connectivity index (χ0v) is 13.6. The highest BCUT2D eigenvalue weighted by Gasteiger charge is 2.17. The van der Waals surface area contributed by atoms with Crippen molar-refractivity contribution in [2.75, 3.05) is 39.1 Å². The lowest BCUT2D eigenvalue weighted by Crippen LogP contribution is -2.23. The molecule has 4 nitrogen and oxygen atoms in total. The summed E-state index contributed by atoms with van der Waals surface area (Å²) in [5, 5.41) is 12.1. The van der Waals surface area contributed by atoms with E-state index < -0.39 is 0 Å². The quantitative estimate of drug-likeness (QED) is 0.757. The Hall–Kier alpha value is -1.73. The number of benzene rings is 1. The number of likely N-dealkylation sites (N-methyl/N-ethyl adjacent to an activating group) is 1. The Labute approximate surface area is 128 Å². The van der Waals surface area contributed by atoms with Gasteiger partial charge in [-0.15, -0.1) is 0 Å². The minimum Gasteiger partial charge on any atom is -0.492 e. The molecule has 1 aromatic carbocycles. The van der Waals surface area contributed by atoms with Crippen molar-refractivity contribution < 1.29 is 4.74 Å². The van der Waals surface area contributed by atoms with Crippen LogP contribution in [0.25, 0.3) is 0 Å². The van der Waals surface area contributed by atoms with Crippen molar-refractivity contribution in [1.82, 2.24) is 4.90 Å². The maximum absolute atomic E-state index is 8.68. The van der Waals surface area contributed by atoms with Crippen molar-refractivity contribution in [2.45, 2.75) is 26.7 Å². The average Bonchev–Trinajstić information content (AvgIpc) is 2.43. The molecule has 0 amide bonds. The van der Waals surface area contributed by atoms with Gasteiger partial charge in [-0.1, -0.05) is 19.9 Å². The first-order valence-corrected chi connectivity index (χ1v) is 7.41. The Bertz CT molecular complexity index is 463. The van der Waals surface area contributed by atoms with E-state index in [1.807, 2.05) is 38.4 Å². The molecule has 0 aliphatic heterocycles. The average molecular weight is 289 g/mol. The molecule has 116 valence electrons. The summed E-state index contributed by atoms with van der Waals surface area (Å²) in [6.45, 7) is 6.78. The fourth-order valence-electron chi connectivity index (χ4n) is 1.87. The molecule has 0 bridgehead atoms. The van der Waals surface area contributed by atoms with Gasteiger partial charge in [0.05, 0.1) is 6.07 Å². The van der Waals surface area contributed by atoms with Gasteiger partial charge in [-0.05, 0) is 38.1 Å². The molecule has 0 atom stereocenters. The van der Waals surface area contributed by atoms with Crippen LogP contribution in [0.4, 0.5) is 5.69 Å². The molecule has 0 aliphatic carbocycles. The highest BCUT2D eigenvalue weighted by Crippen LogP contribution is 2.24. The van der Waals surface area contributed by atoms with E-state index in [-0.39, 0.29) is 5.41 Å². The van der Waals surface area contributed by atoms with Gasteiger partial charge in [-0.3, -0.25) is 0 Å². The first-order valence-electron chi connectivity index (χ1n) is 7.41. The van der Waals surface area contributed by atoms with Crippen LogP contribution in [0.1, 0.15) is 26.7 Å². The van der Waals surface area contributed by atoms with Crippen molar-refractivity contribution >= 4 is 5.69 Å². The minimum atomic E-state index is 0.109. The first kappa shape index (κ1) is 17.3. The summed E-state index contributed by atoms with van der Waals surface area (Å²) < 4.78 is 5.73. The van der Waals surface area contributed by atoms with Gasteiger partial charge < -0.3 is 15.0 Å². The van der Waals surface area contributed by atoms with Gasteiger partial charge >= 0.3 is 0 Å². The highest BCUT2D eigenvalue weighted by molar-refractivity contribution is 5.48. The van der Waals surface area contributed by atoms with E-state index in [1.165, 1.54) is 0 Å². The summed E-state index contributed by atoms with van der Waals surface area (Å²) in [7, 11) is 4.06. The van der Waals surface area contributed by atoms with Crippen LogP contribution in [0.15, 0.2) is 24.3 Å². The van der Waals surface area contributed by atoms with Gasteiger partial charge in [-0.25, -0.2) is 0 Å². The lowest BCUT2D eigenvalue weighted by molar-refractivity contribution is 0.261. The number of nitrogens with one attached hydrogen (secondary N) is 1. The van der Waals surface area contributed by atoms with Crippen LogP contribution in [0.5, 0.6) is 5.75 Å². The van der Waals surface area contributed by atoms with E-state index in [4.69, 9.17) is 10.00 Å². The van der Waals surface area contributed by atoms with Crippen molar-refractivity contribution in [3.63, 3.8) is 0 Å². The Morgan fingerprint density at radius 1 is 1.33 bits per heavy atom. The van der Waals surface area contributed by atoms with Crippen molar-refractivity contribution in [2.24, 2.45) is 5.41 Å². The number of hydrogen-bond donors (Lipinski definition) is 1. The van der Waals surface area contributed by atoms with Crippen LogP contribution >= 0.6 is 0 Å². The molecule has 0 heterocycles. The number of hydrogen-bond acceptors (Lipinski definition) is 4. The van der Waals surface area contributed by atoms with Gasteiger partial charge in [0.15, 0.2) is 0 Å². The van der Waals surface area contributed by atoms with Gasteiger partial charge in [0.1, 0.15) is 12.4 Å². The minimum absolute atomic E-state index is 0.109. The Morgan fingerprint density at radius 3 is 2.76 bits per heavy atom. The van der Waals surface area contributed by atoms with E-state index in [9.17, 15) is 0 Å². The summed E-state index contributed by atoms with van der Waals surface area (Å²) in [6, 6.07) is 10.2. The smallest absolute Gasteiger partial charge is 0.121 e. The van der Waals surface area contributed by atoms with Crippen LogP contribution in [0.3, 0.4) is 0 Å². The highest BCUT2D eigenvalue weighted by atomic mass is 16.5. The summed E-state index contributed by atoms with van der Waals surface area (Å²) >= 11 is 0. The third kappa shape index (κ3) is 7.57. The van der Waals surface area contributed by atoms with Gasteiger partial charge in [-0.2, -0.15) is 5.26 Å². The maximum atomic E-state index is 8.68. The molecule has 0 saturated carbocycles. The van der Waals surface area contributed by atoms with Crippen molar-refractivity contribution in [1.29, 1.82) is 5.26 Å². The Morgan fingerprint density at radius 2 is 2.10 bits per heavy atom. The van der Waals surface area contributed by atoms with Crippen LogP contribution in [0, 0.1) is 16.7 Å². The number of rotatable bonds is 9. The largest absolute Gasteiger partial charge is 0.492 e. The third-order valence-electron chi connectivity index (χ3n) is 3.33. The van der Waals surface area contributed by atoms with Crippen molar-refractivity contribution in [3.05, 3.63) is 24.3 Å². The predicted octanol–water partition coefficient (Wildman–Crippen LogP) is 3.37. The lowest BCUT2D eigenvalue weighted by atomic mass is 9.88. The third-order valence-corrected chi connectivity index (χ3v) is 3.33. The zero-order valence-electron chi connectivity index (χ0n) is 13.6. The number of ether oxygens (including phenoxy) is 1. The Kier molecular flexibility index (Phi) is 7.04. The second-order valence-electron chi connectivity index (χ2n) is 6.36. The number of anilines is 1. The van der Waals surface area contributed by atoms with Gasteiger partial charge in [0.25, 0.3) is 0 Å². The molecule has 0 radical (unpaired) electrons. The molecule has 1 aromatic rings. The Balaban J connectivity index is 2.47. The maximum Gasteiger partial charge on any atom is 0.121 e. The molecule has 21 heavy (non-hydrogen) atoms. The standard InChI is InChI=1S/C17H27N3O/c1-17(2,9-6-10-18)14-19-15-7-5-8-16(13-15)21-12-11-20(3)4/h5,7-8,13,19H,6,9,11-12,14H2,1-4H3. The van der Waals surface area contributed by atoms with Gasteiger partial charge in [0.2, 0.25) is 0 Å². The van der Waals surface area contributed by atoms with E-state index in [1.54, 1.807) is 0 Å². The van der Waals surface area contributed by atoms with Crippen molar-refractivity contribution in [3.8, 4) is 11.8 Å². The normalized spacial score (nSPS) is 11.2. The molecule has 4 heteroatoms. The summed E-state index contributed by atoms with van der Waals surface area (Å²) in [6.07, 6.45) is 1.50. The molecule has 0 fully saturated rings. The molecule has 0 aliphatic rings. The van der Waals surface area contributed by atoms with Gasteiger partial charge in [0, 0.05) is 31.3 Å². The first-order chi connectivity index (χ1) is 9.93. The molecule has 1 rings (SSSR count). The molecule has 1 N–H and O–H groups in total. The van der Waals surface area contributed by atoms with Crippen LogP contribution in [0.2, 0.25) is 0 Å². The lowest BCUT2D eigenvalue weighted by Gasteiger charge is -2.24. The molecule has 0 saturated heterocycles. The van der Waals surface area contributed by atoms with E-state index in [2.05, 4.69) is 30.1 Å². The topological polar surface area (TPSA) is 48.3 Å².